The number of hydrogen-bond acceptors (Lipinski definition) is 2. The number of fused-ring (bicyclic) bond motifs is 1. The molecule has 1 aliphatic carbocycles. The Morgan fingerprint density at radius 1 is 1.12 bits per heavy atom. The van der Waals surface area contributed by atoms with Crippen LogP contribution >= 0.6 is 0 Å². The van der Waals surface area contributed by atoms with E-state index in [0.29, 0.717) is 6.42 Å². The highest BCUT2D eigenvalue weighted by molar-refractivity contribution is 5.59. The standard InChI is InChI=1S/C14H12O2/c15-11-10-13-8-4-5-9-14(13,16-13)12-6-2-1-3-7-12/h1-9,11H,10H2. The molecule has 1 aromatic carbocycles. The molecule has 1 aliphatic heterocycles. The van der Waals surface area contributed by atoms with Gasteiger partial charge < -0.3 is 9.53 Å². The third-order valence-corrected chi connectivity index (χ3v) is 3.33. The molecule has 0 bridgehead atoms. The highest BCUT2D eigenvalue weighted by atomic mass is 16.6. The summed E-state index contributed by atoms with van der Waals surface area (Å²) in [6, 6.07) is 10.0. The van der Waals surface area contributed by atoms with E-state index in [1.165, 1.54) is 0 Å². The summed E-state index contributed by atoms with van der Waals surface area (Å²) in [7, 11) is 0. The van der Waals surface area contributed by atoms with E-state index in [0.717, 1.165) is 11.8 Å². The smallest absolute Gasteiger partial charge is 0.146 e. The third kappa shape index (κ3) is 1.08. The summed E-state index contributed by atoms with van der Waals surface area (Å²) < 4.78 is 5.87. The van der Waals surface area contributed by atoms with Gasteiger partial charge in [-0.15, -0.1) is 0 Å². The molecule has 2 nitrogen and oxygen atoms in total. The minimum Gasteiger partial charge on any atom is -0.348 e. The van der Waals surface area contributed by atoms with Crippen LogP contribution in [0.3, 0.4) is 0 Å². The minimum atomic E-state index is -0.440. The van der Waals surface area contributed by atoms with Gasteiger partial charge in [-0.3, -0.25) is 0 Å². The van der Waals surface area contributed by atoms with Crippen molar-refractivity contribution in [2.75, 3.05) is 0 Å². The van der Waals surface area contributed by atoms with Crippen LogP contribution in [0.5, 0.6) is 0 Å². The number of rotatable bonds is 3. The van der Waals surface area contributed by atoms with Gasteiger partial charge in [0.15, 0.2) is 0 Å². The molecule has 0 aromatic heterocycles. The summed E-state index contributed by atoms with van der Waals surface area (Å²) in [6.45, 7) is 0. The zero-order chi connectivity index (χ0) is 11.1. The quantitative estimate of drug-likeness (QED) is 0.568. The van der Waals surface area contributed by atoms with Crippen molar-refractivity contribution in [2.24, 2.45) is 0 Å². The van der Waals surface area contributed by atoms with Gasteiger partial charge in [0.2, 0.25) is 0 Å². The highest BCUT2D eigenvalue weighted by Crippen LogP contribution is 2.60. The Hall–Kier alpha value is -1.67. The fourth-order valence-corrected chi connectivity index (χ4v) is 2.47. The van der Waals surface area contributed by atoms with Gasteiger partial charge >= 0.3 is 0 Å². The molecular formula is C14H12O2. The summed E-state index contributed by atoms with van der Waals surface area (Å²) in [5.41, 5.74) is 0.256. The number of benzene rings is 1. The van der Waals surface area contributed by atoms with Gasteiger partial charge in [-0.25, -0.2) is 0 Å². The fourth-order valence-electron chi connectivity index (χ4n) is 2.47. The first-order chi connectivity index (χ1) is 7.83. The van der Waals surface area contributed by atoms with E-state index in [1.54, 1.807) is 0 Å². The van der Waals surface area contributed by atoms with Crippen LogP contribution in [0.1, 0.15) is 12.0 Å². The Labute approximate surface area is 94.2 Å². The summed E-state index contributed by atoms with van der Waals surface area (Å²) in [5.74, 6) is 0. The maximum atomic E-state index is 10.7. The van der Waals surface area contributed by atoms with Crippen molar-refractivity contribution in [3.63, 3.8) is 0 Å². The van der Waals surface area contributed by atoms with Crippen molar-refractivity contribution in [3.8, 4) is 0 Å². The molecule has 2 heteroatoms. The topological polar surface area (TPSA) is 29.6 Å². The van der Waals surface area contributed by atoms with Crippen molar-refractivity contribution in [2.45, 2.75) is 17.6 Å². The molecule has 1 saturated heterocycles. The Balaban J connectivity index is 2.05. The highest BCUT2D eigenvalue weighted by Gasteiger charge is 2.68. The van der Waals surface area contributed by atoms with Crippen LogP contribution in [0.15, 0.2) is 54.6 Å². The van der Waals surface area contributed by atoms with Crippen molar-refractivity contribution in [3.05, 3.63) is 60.2 Å². The molecule has 0 N–H and O–H groups in total. The first-order valence-corrected chi connectivity index (χ1v) is 5.39. The first-order valence-electron chi connectivity index (χ1n) is 5.39. The average Bonchev–Trinajstić information content (AvgIpc) is 3.01. The van der Waals surface area contributed by atoms with Gasteiger partial charge in [0.25, 0.3) is 0 Å². The molecule has 1 heterocycles. The van der Waals surface area contributed by atoms with E-state index in [1.807, 2.05) is 54.6 Å². The molecule has 2 aliphatic rings. The van der Waals surface area contributed by atoms with E-state index in [9.17, 15) is 4.79 Å². The second-order valence-corrected chi connectivity index (χ2v) is 4.18. The average molecular weight is 212 g/mol. The lowest BCUT2D eigenvalue weighted by Gasteiger charge is -2.15. The number of aldehydes is 1. The maximum Gasteiger partial charge on any atom is 0.146 e. The van der Waals surface area contributed by atoms with Gasteiger partial charge in [0.05, 0.1) is 0 Å². The van der Waals surface area contributed by atoms with Gasteiger partial charge in [0.1, 0.15) is 17.5 Å². The maximum absolute atomic E-state index is 10.7. The zero-order valence-corrected chi connectivity index (χ0v) is 8.80. The molecule has 2 unspecified atom stereocenters. The van der Waals surface area contributed by atoms with Crippen molar-refractivity contribution in [1.82, 2.24) is 0 Å². The molecule has 2 atom stereocenters. The predicted octanol–water partition coefficient (Wildman–Crippen LogP) is 2.37. The number of hydrogen-bond donors (Lipinski definition) is 0. The molecule has 3 rings (SSSR count). The lowest BCUT2D eigenvalue weighted by molar-refractivity contribution is -0.108. The predicted molar refractivity (Wildman–Crippen MR) is 60.9 cm³/mol. The van der Waals surface area contributed by atoms with Crippen LogP contribution in [0.2, 0.25) is 0 Å². The molecule has 0 amide bonds. The Morgan fingerprint density at radius 3 is 2.62 bits per heavy atom. The summed E-state index contributed by atoms with van der Waals surface area (Å²) in [4.78, 5) is 10.7. The normalized spacial score (nSPS) is 34.5. The van der Waals surface area contributed by atoms with E-state index < -0.39 is 11.2 Å². The minimum absolute atomic E-state index is 0.405. The lowest BCUT2D eigenvalue weighted by Crippen LogP contribution is -2.22. The van der Waals surface area contributed by atoms with Gasteiger partial charge in [-0.1, -0.05) is 42.5 Å². The number of carbonyl (C=O) groups is 1. The van der Waals surface area contributed by atoms with Crippen molar-refractivity contribution in [1.29, 1.82) is 0 Å². The SMILES string of the molecule is O=CCC12C=CC=CC1(c1ccccc1)O2. The Bertz CT molecular complexity index is 475. The van der Waals surface area contributed by atoms with Crippen LogP contribution in [-0.2, 0) is 15.1 Å². The molecule has 0 spiro atoms. The Kier molecular flexibility index (Phi) is 1.88. The molecule has 16 heavy (non-hydrogen) atoms. The second-order valence-electron chi connectivity index (χ2n) is 4.18. The lowest BCUT2D eigenvalue weighted by atomic mass is 9.81. The van der Waals surface area contributed by atoms with Crippen molar-refractivity contribution >= 4 is 6.29 Å². The van der Waals surface area contributed by atoms with E-state index in [2.05, 4.69) is 0 Å². The van der Waals surface area contributed by atoms with Crippen LogP contribution in [0.25, 0.3) is 0 Å². The molecule has 1 fully saturated rings. The van der Waals surface area contributed by atoms with Gasteiger partial charge in [0, 0.05) is 6.42 Å². The van der Waals surface area contributed by atoms with Crippen LogP contribution < -0.4 is 0 Å². The number of allylic oxidation sites excluding steroid dienone is 2. The third-order valence-electron chi connectivity index (χ3n) is 3.33. The fraction of sp³-hybridized carbons (Fsp3) is 0.214. The molecule has 0 radical (unpaired) electrons. The first kappa shape index (κ1) is 9.55. The van der Waals surface area contributed by atoms with Crippen LogP contribution in [-0.4, -0.2) is 11.9 Å². The van der Waals surface area contributed by atoms with Gasteiger partial charge in [-0.2, -0.15) is 0 Å². The molecular weight excluding hydrogens is 200 g/mol. The molecule has 80 valence electrons. The monoisotopic (exact) mass is 212 g/mol. The molecule has 1 aromatic rings. The molecule has 0 saturated carbocycles. The summed E-state index contributed by atoms with van der Waals surface area (Å²) in [5, 5.41) is 0. The van der Waals surface area contributed by atoms with E-state index in [4.69, 9.17) is 4.74 Å². The number of ether oxygens (including phenoxy) is 1. The zero-order valence-electron chi connectivity index (χ0n) is 8.80. The van der Waals surface area contributed by atoms with Crippen LogP contribution in [0, 0.1) is 0 Å². The number of epoxide rings is 1. The largest absolute Gasteiger partial charge is 0.348 e. The summed E-state index contributed by atoms with van der Waals surface area (Å²) >= 11 is 0. The van der Waals surface area contributed by atoms with E-state index >= 15 is 0 Å². The van der Waals surface area contributed by atoms with Crippen LogP contribution in [0.4, 0.5) is 0 Å². The van der Waals surface area contributed by atoms with Gasteiger partial charge in [-0.05, 0) is 17.7 Å². The Morgan fingerprint density at radius 2 is 1.88 bits per heavy atom. The summed E-state index contributed by atoms with van der Waals surface area (Å²) in [6.07, 6.45) is 9.26. The van der Waals surface area contributed by atoms with E-state index in [-0.39, 0.29) is 0 Å². The number of carbonyl (C=O) groups excluding carboxylic acids is 1. The van der Waals surface area contributed by atoms with Crippen molar-refractivity contribution < 1.29 is 9.53 Å². The second kappa shape index (κ2) is 3.16.